The molecule has 23 heavy (non-hydrogen) atoms. The van der Waals surface area contributed by atoms with Crippen LogP contribution in [0.2, 0.25) is 5.02 Å². The molecule has 0 aliphatic heterocycles. The lowest BCUT2D eigenvalue weighted by Crippen LogP contribution is -2.49. The van der Waals surface area contributed by atoms with Crippen molar-refractivity contribution in [1.82, 2.24) is 16.2 Å². The van der Waals surface area contributed by atoms with Crippen molar-refractivity contribution in [3.8, 4) is 11.5 Å². The van der Waals surface area contributed by atoms with E-state index >= 15 is 0 Å². The maximum Gasteiger partial charge on any atom is 0.269 e. The van der Waals surface area contributed by atoms with Gasteiger partial charge in [0.05, 0.1) is 19.2 Å². The number of carbonyl (C=O) groups is 1. The fourth-order valence-electron chi connectivity index (χ4n) is 2.53. The van der Waals surface area contributed by atoms with E-state index in [-0.39, 0.29) is 5.91 Å². The van der Waals surface area contributed by atoms with Crippen molar-refractivity contribution < 1.29 is 14.3 Å². The Hall–Kier alpha value is -1.73. The number of amides is 1. The Morgan fingerprint density at radius 3 is 2.52 bits per heavy atom. The number of hydrogen-bond donors (Lipinski definition) is 3. The Kier molecular flexibility index (Phi) is 6.29. The summed E-state index contributed by atoms with van der Waals surface area (Å²) in [6.45, 7) is 0. The van der Waals surface area contributed by atoms with E-state index in [2.05, 4.69) is 16.2 Å². The van der Waals surface area contributed by atoms with Crippen LogP contribution in [0.5, 0.6) is 11.5 Å². The van der Waals surface area contributed by atoms with Crippen molar-refractivity contribution in [3.05, 3.63) is 22.7 Å². The Morgan fingerprint density at radius 2 is 1.91 bits per heavy atom. The van der Waals surface area contributed by atoms with E-state index in [1.54, 1.807) is 6.07 Å². The summed E-state index contributed by atoms with van der Waals surface area (Å²) in [6, 6.07) is 3.44. The Bertz CT molecular complexity index is 592. The first-order chi connectivity index (χ1) is 11.0. The minimum Gasteiger partial charge on any atom is -0.493 e. The molecule has 6 nitrogen and oxygen atoms in total. The van der Waals surface area contributed by atoms with Gasteiger partial charge in [0.25, 0.3) is 5.91 Å². The molecule has 1 aliphatic rings. The molecule has 0 saturated heterocycles. The maximum absolute atomic E-state index is 12.2. The molecule has 1 aromatic rings. The third-order valence-corrected chi connectivity index (χ3v) is 4.18. The molecule has 0 spiro atoms. The van der Waals surface area contributed by atoms with E-state index in [0.29, 0.717) is 33.2 Å². The Labute approximate surface area is 145 Å². The molecule has 1 fully saturated rings. The van der Waals surface area contributed by atoms with Crippen LogP contribution in [-0.4, -0.2) is 31.3 Å². The van der Waals surface area contributed by atoms with E-state index < -0.39 is 0 Å². The van der Waals surface area contributed by atoms with Crippen molar-refractivity contribution in [2.45, 2.75) is 31.7 Å². The standard InChI is InChI=1S/C15H20ClN3O3S/c1-21-12-8-9(7-11(16)13(12)22-2)14(20)18-19-15(23)17-10-5-3-4-6-10/h7-8,10H,3-6H2,1-2H3,(H,18,20)(H2,17,19,23). The highest BCUT2D eigenvalue weighted by atomic mass is 35.5. The SMILES string of the molecule is COc1cc(C(=O)NNC(=S)NC2CCCC2)cc(Cl)c1OC. The van der Waals surface area contributed by atoms with E-state index in [9.17, 15) is 4.79 Å². The number of nitrogens with one attached hydrogen (secondary N) is 3. The molecule has 8 heteroatoms. The van der Waals surface area contributed by atoms with Gasteiger partial charge in [0, 0.05) is 11.6 Å². The molecule has 2 rings (SSSR count). The molecule has 0 bridgehead atoms. The van der Waals surface area contributed by atoms with Gasteiger partial charge in [-0.15, -0.1) is 0 Å². The molecule has 0 radical (unpaired) electrons. The maximum atomic E-state index is 12.2. The average molecular weight is 358 g/mol. The van der Waals surface area contributed by atoms with Gasteiger partial charge in [-0.3, -0.25) is 15.6 Å². The summed E-state index contributed by atoms with van der Waals surface area (Å²) in [5.41, 5.74) is 5.58. The fourth-order valence-corrected chi connectivity index (χ4v) is 3.03. The van der Waals surface area contributed by atoms with Crippen LogP contribution in [0, 0.1) is 0 Å². The van der Waals surface area contributed by atoms with Gasteiger partial charge >= 0.3 is 0 Å². The number of carbonyl (C=O) groups excluding carboxylic acids is 1. The lowest BCUT2D eigenvalue weighted by Gasteiger charge is -2.16. The van der Waals surface area contributed by atoms with E-state index in [4.69, 9.17) is 33.3 Å². The third kappa shape index (κ3) is 4.62. The highest BCUT2D eigenvalue weighted by Gasteiger charge is 2.17. The number of ether oxygens (including phenoxy) is 2. The zero-order chi connectivity index (χ0) is 16.8. The minimum atomic E-state index is -0.372. The largest absolute Gasteiger partial charge is 0.493 e. The predicted octanol–water partition coefficient (Wildman–Crippen LogP) is 2.41. The van der Waals surface area contributed by atoms with E-state index in [1.165, 1.54) is 33.1 Å². The van der Waals surface area contributed by atoms with Crippen molar-refractivity contribution in [3.63, 3.8) is 0 Å². The molecule has 3 N–H and O–H groups in total. The van der Waals surface area contributed by atoms with Crippen molar-refractivity contribution in [2.24, 2.45) is 0 Å². The van der Waals surface area contributed by atoms with Crippen LogP contribution in [0.4, 0.5) is 0 Å². The van der Waals surface area contributed by atoms with Crippen LogP contribution >= 0.6 is 23.8 Å². The second-order valence-corrected chi connectivity index (χ2v) is 6.04. The first kappa shape index (κ1) is 17.6. The molecule has 0 aromatic heterocycles. The summed E-state index contributed by atoms with van der Waals surface area (Å²) in [5, 5.41) is 3.87. The van der Waals surface area contributed by atoms with Crippen molar-refractivity contribution in [1.29, 1.82) is 0 Å². The first-order valence-corrected chi connectivity index (χ1v) is 8.12. The highest BCUT2D eigenvalue weighted by molar-refractivity contribution is 7.80. The predicted molar refractivity (Wildman–Crippen MR) is 93.1 cm³/mol. The van der Waals surface area contributed by atoms with Gasteiger partial charge in [-0.25, -0.2) is 0 Å². The number of methoxy groups -OCH3 is 2. The molecule has 0 atom stereocenters. The summed E-state index contributed by atoms with van der Waals surface area (Å²) >= 11 is 11.3. The molecule has 0 unspecified atom stereocenters. The number of thiocarbonyl (C=S) groups is 1. The van der Waals surface area contributed by atoms with Gasteiger partial charge in [0.1, 0.15) is 0 Å². The van der Waals surface area contributed by atoms with Gasteiger partial charge in [0.2, 0.25) is 0 Å². The average Bonchev–Trinajstić information content (AvgIpc) is 3.04. The lowest BCUT2D eigenvalue weighted by atomic mass is 10.2. The summed E-state index contributed by atoms with van der Waals surface area (Å²) in [7, 11) is 2.97. The summed E-state index contributed by atoms with van der Waals surface area (Å²) in [4.78, 5) is 12.2. The lowest BCUT2D eigenvalue weighted by molar-refractivity contribution is 0.0943. The molecule has 1 aliphatic carbocycles. The van der Waals surface area contributed by atoms with Crippen LogP contribution in [-0.2, 0) is 0 Å². The molecule has 0 heterocycles. The van der Waals surface area contributed by atoms with Crippen LogP contribution in [0.25, 0.3) is 0 Å². The van der Waals surface area contributed by atoms with Gasteiger partial charge in [-0.2, -0.15) is 0 Å². The summed E-state index contributed by atoms with van der Waals surface area (Å²) < 4.78 is 10.3. The molecule has 1 saturated carbocycles. The van der Waals surface area contributed by atoms with Crippen LogP contribution in [0.15, 0.2) is 12.1 Å². The number of rotatable bonds is 4. The molecule has 1 amide bonds. The molecule has 1 aromatic carbocycles. The summed E-state index contributed by atoms with van der Waals surface area (Å²) in [5.74, 6) is 0.400. The normalized spacial score (nSPS) is 14.2. The second kappa shape index (κ2) is 8.21. The zero-order valence-corrected chi connectivity index (χ0v) is 14.6. The van der Waals surface area contributed by atoms with Crippen molar-refractivity contribution in [2.75, 3.05) is 14.2 Å². The quantitative estimate of drug-likeness (QED) is 0.568. The molecular formula is C15H20ClN3O3S. The van der Waals surface area contributed by atoms with Crippen molar-refractivity contribution >= 4 is 34.8 Å². The number of hydrogen-bond acceptors (Lipinski definition) is 4. The fraction of sp³-hybridized carbons (Fsp3) is 0.467. The first-order valence-electron chi connectivity index (χ1n) is 7.33. The van der Waals surface area contributed by atoms with Crippen LogP contribution in [0.1, 0.15) is 36.0 Å². The zero-order valence-electron chi connectivity index (χ0n) is 13.1. The number of benzene rings is 1. The van der Waals surface area contributed by atoms with Gasteiger partial charge < -0.3 is 14.8 Å². The minimum absolute atomic E-state index is 0.295. The van der Waals surface area contributed by atoms with Gasteiger partial charge in [0.15, 0.2) is 16.6 Å². The number of halogens is 1. The number of hydrazine groups is 1. The molecular weight excluding hydrogens is 338 g/mol. The van der Waals surface area contributed by atoms with E-state index in [1.807, 2.05) is 0 Å². The smallest absolute Gasteiger partial charge is 0.269 e. The van der Waals surface area contributed by atoms with Crippen LogP contribution < -0.4 is 25.6 Å². The topological polar surface area (TPSA) is 71.6 Å². The van der Waals surface area contributed by atoms with Gasteiger partial charge in [-0.1, -0.05) is 24.4 Å². The van der Waals surface area contributed by atoms with Gasteiger partial charge in [-0.05, 0) is 37.2 Å². The Balaban J connectivity index is 1.94. The monoisotopic (exact) mass is 357 g/mol. The highest BCUT2D eigenvalue weighted by Crippen LogP contribution is 2.35. The molecule has 126 valence electrons. The second-order valence-electron chi connectivity index (χ2n) is 5.23. The van der Waals surface area contributed by atoms with E-state index in [0.717, 1.165) is 12.8 Å². The summed E-state index contributed by atoms with van der Waals surface area (Å²) in [6.07, 6.45) is 4.61. The Morgan fingerprint density at radius 1 is 1.22 bits per heavy atom. The van der Waals surface area contributed by atoms with Crippen LogP contribution in [0.3, 0.4) is 0 Å². The third-order valence-electron chi connectivity index (χ3n) is 3.68.